The van der Waals surface area contributed by atoms with Crippen molar-refractivity contribution >= 4 is 0 Å². The summed E-state index contributed by atoms with van der Waals surface area (Å²) in [6, 6.07) is 2.04. The first-order valence-electron chi connectivity index (χ1n) is 6.29. The van der Waals surface area contributed by atoms with Crippen molar-refractivity contribution in [3.8, 4) is 0 Å². The number of furan rings is 1. The molecule has 1 aromatic rings. The smallest absolute Gasteiger partial charge is 0.110 e. The Labute approximate surface area is 97.7 Å². The molecule has 2 rings (SSSR count). The third-order valence-electron chi connectivity index (χ3n) is 3.71. The van der Waals surface area contributed by atoms with Crippen LogP contribution in [0.1, 0.15) is 63.2 Å². The van der Waals surface area contributed by atoms with Crippen molar-refractivity contribution in [1.82, 2.24) is 0 Å². The molecule has 0 radical (unpaired) electrons. The summed E-state index contributed by atoms with van der Waals surface area (Å²) in [4.78, 5) is 0. The highest BCUT2D eigenvalue weighted by atomic mass is 16.3. The fourth-order valence-corrected chi connectivity index (χ4v) is 2.43. The molecule has 16 heavy (non-hydrogen) atoms. The van der Waals surface area contributed by atoms with Gasteiger partial charge in [-0.1, -0.05) is 27.7 Å². The molecule has 0 bridgehead atoms. The van der Waals surface area contributed by atoms with E-state index in [1.807, 2.05) is 6.07 Å². The van der Waals surface area contributed by atoms with E-state index in [9.17, 15) is 5.11 Å². The van der Waals surface area contributed by atoms with Gasteiger partial charge in [-0.2, -0.15) is 0 Å². The Balaban J connectivity index is 2.28. The first-order valence-corrected chi connectivity index (χ1v) is 6.29. The average Bonchev–Trinajstić information content (AvgIpc) is 2.61. The molecule has 1 aromatic heterocycles. The fraction of sp³-hybridized carbons (Fsp3) is 0.714. The number of rotatable bonds is 2. The summed E-state index contributed by atoms with van der Waals surface area (Å²) in [7, 11) is 0. The van der Waals surface area contributed by atoms with Crippen molar-refractivity contribution in [2.24, 2.45) is 11.8 Å². The molecular formula is C14H22O2. The fourth-order valence-electron chi connectivity index (χ4n) is 2.43. The van der Waals surface area contributed by atoms with E-state index in [0.717, 1.165) is 29.9 Å². The van der Waals surface area contributed by atoms with Crippen LogP contribution in [-0.2, 0) is 6.42 Å². The minimum Gasteiger partial charge on any atom is -0.465 e. The van der Waals surface area contributed by atoms with Crippen LogP contribution in [0.5, 0.6) is 0 Å². The normalized spacial score (nSPS) is 25.2. The number of aliphatic hydroxyl groups excluding tert-OH is 1. The Kier molecular flexibility index (Phi) is 3.11. The van der Waals surface area contributed by atoms with Crippen LogP contribution >= 0.6 is 0 Å². The van der Waals surface area contributed by atoms with Crippen LogP contribution in [-0.4, -0.2) is 5.11 Å². The molecule has 1 aliphatic carbocycles. The molecule has 2 unspecified atom stereocenters. The van der Waals surface area contributed by atoms with Gasteiger partial charge in [-0.15, -0.1) is 0 Å². The zero-order chi connectivity index (χ0) is 11.9. The van der Waals surface area contributed by atoms with Gasteiger partial charge in [-0.25, -0.2) is 0 Å². The van der Waals surface area contributed by atoms with E-state index in [2.05, 4.69) is 27.7 Å². The first-order chi connectivity index (χ1) is 7.49. The zero-order valence-electron chi connectivity index (χ0n) is 10.7. The summed E-state index contributed by atoms with van der Waals surface area (Å²) in [5.74, 6) is 3.58. The highest BCUT2D eigenvalue weighted by Crippen LogP contribution is 2.39. The van der Waals surface area contributed by atoms with Gasteiger partial charge in [0.15, 0.2) is 0 Å². The van der Waals surface area contributed by atoms with Crippen LogP contribution in [0.3, 0.4) is 0 Å². The molecule has 2 atom stereocenters. The molecule has 2 nitrogen and oxygen atoms in total. The molecule has 0 aromatic carbocycles. The van der Waals surface area contributed by atoms with Crippen LogP contribution in [0, 0.1) is 11.8 Å². The number of hydrogen-bond donors (Lipinski definition) is 1. The summed E-state index contributed by atoms with van der Waals surface area (Å²) in [6.07, 6.45) is 1.53. The minimum absolute atomic E-state index is 0.326. The lowest BCUT2D eigenvalue weighted by Crippen LogP contribution is -2.21. The summed E-state index contributed by atoms with van der Waals surface area (Å²) in [5, 5.41) is 10.1. The molecule has 0 amide bonds. The Morgan fingerprint density at radius 3 is 2.56 bits per heavy atom. The maximum atomic E-state index is 10.1. The molecule has 1 heterocycles. The molecule has 0 spiro atoms. The highest BCUT2D eigenvalue weighted by molar-refractivity contribution is 5.28. The molecule has 90 valence electrons. The van der Waals surface area contributed by atoms with E-state index < -0.39 is 0 Å². The van der Waals surface area contributed by atoms with Crippen molar-refractivity contribution in [1.29, 1.82) is 0 Å². The lowest BCUT2D eigenvalue weighted by molar-refractivity contribution is 0.111. The van der Waals surface area contributed by atoms with Gasteiger partial charge in [0, 0.05) is 17.9 Å². The molecule has 0 fully saturated rings. The topological polar surface area (TPSA) is 33.4 Å². The van der Waals surface area contributed by atoms with E-state index in [4.69, 9.17) is 4.42 Å². The molecular weight excluding hydrogens is 200 g/mol. The molecule has 1 N–H and O–H groups in total. The van der Waals surface area contributed by atoms with E-state index in [1.165, 1.54) is 0 Å². The molecule has 0 saturated carbocycles. The Morgan fingerprint density at radius 1 is 1.31 bits per heavy atom. The lowest BCUT2D eigenvalue weighted by Gasteiger charge is -2.27. The molecule has 1 aliphatic rings. The van der Waals surface area contributed by atoms with Crippen molar-refractivity contribution in [3.63, 3.8) is 0 Å². The summed E-state index contributed by atoms with van der Waals surface area (Å²) in [5.41, 5.74) is 1.03. The maximum Gasteiger partial charge on any atom is 0.110 e. The van der Waals surface area contributed by atoms with E-state index >= 15 is 0 Å². The molecule has 2 heteroatoms. The van der Waals surface area contributed by atoms with Crippen LogP contribution in [0.2, 0.25) is 0 Å². The molecule has 0 saturated heterocycles. The van der Waals surface area contributed by atoms with E-state index in [0.29, 0.717) is 17.8 Å². The summed E-state index contributed by atoms with van der Waals surface area (Å²) in [6.45, 7) is 8.68. The Hall–Kier alpha value is -0.760. The van der Waals surface area contributed by atoms with Crippen LogP contribution in [0.4, 0.5) is 0 Å². The predicted molar refractivity (Wildman–Crippen MR) is 64.4 cm³/mol. The summed E-state index contributed by atoms with van der Waals surface area (Å²) >= 11 is 0. The third kappa shape index (κ3) is 2.03. The van der Waals surface area contributed by atoms with Crippen molar-refractivity contribution in [2.75, 3.05) is 0 Å². The Morgan fingerprint density at radius 2 is 2.00 bits per heavy atom. The monoisotopic (exact) mass is 222 g/mol. The number of fused-ring (bicyclic) bond motifs is 1. The summed E-state index contributed by atoms with van der Waals surface area (Å²) < 4.78 is 5.86. The second kappa shape index (κ2) is 4.25. The minimum atomic E-state index is -0.326. The van der Waals surface area contributed by atoms with Crippen molar-refractivity contribution in [2.45, 2.75) is 52.6 Å². The van der Waals surface area contributed by atoms with E-state index in [1.54, 1.807) is 0 Å². The SMILES string of the molecule is CC(C)c1cc2c(o1)CC(C(C)C)CC2O. The highest BCUT2D eigenvalue weighted by Gasteiger charge is 2.30. The zero-order valence-corrected chi connectivity index (χ0v) is 10.7. The second-order valence-electron chi connectivity index (χ2n) is 5.64. The van der Waals surface area contributed by atoms with Gasteiger partial charge in [0.05, 0.1) is 6.10 Å². The Bertz CT molecular complexity index is 363. The average molecular weight is 222 g/mol. The van der Waals surface area contributed by atoms with Gasteiger partial charge < -0.3 is 9.52 Å². The van der Waals surface area contributed by atoms with Crippen LogP contribution < -0.4 is 0 Å². The lowest BCUT2D eigenvalue weighted by atomic mass is 9.80. The molecule has 0 aliphatic heterocycles. The van der Waals surface area contributed by atoms with Gasteiger partial charge in [0.25, 0.3) is 0 Å². The largest absolute Gasteiger partial charge is 0.465 e. The van der Waals surface area contributed by atoms with E-state index in [-0.39, 0.29) is 6.10 Å². The second-order valence-corrected chi connectivity index (χ2v) is 5.64. The maximum absolute atomic E-state index is 10.1. The predicted octanol–water partition coefficient (Wildman–Crippen LogP) is 3.65. The first kappa shape index (κ1) is 11.7. The number of aliphatic hydroxyl groups is 1. The quantitative estimate of drug-likeness (QED) is 0.828. The van der Waals surface area contributed by atoms with Gasteiger partial charge >= 0.3 is 0 Å². The van der Waals surface area contributed by atoms with Crippen molar-refractivity contribution < 1.29 is 9.52 Å². The van der Waals surface area contributed by atoms with Crippen LogP contribution in [0.15, 0.2) is 10.5 Å². The standard InChI is InChI=1S/C14H22O2/c1-8(2)10-5-12(15)11-7-13(9(3)4)16-14(11)6-10/h7-10,12,15H,5-6H2,1-4H3. The number of hydrogen-bond acceptors (Lipinski definition) is 2. The van der Waals surface area contributed by atoms with Gasteiger partial charge in [-0.05, 0) is 24.3 Å². The van der Waals surface area contributed by atoms with Crippen LogP contribution in [0.25, 0.3) is 0 Å². The third-order valence-corrected chi connectivity index (χ3v) is 3.71. The van der Waals surface area contributed by atoms with Crippen molar-refractivity contribution in [3.05, 3.63) is 23.2 Å². The van der Waals surface area contributed by atoms with Gasteiger partial charge in [0.2, 0.25) is 0 Å². The van der Waals surface area contributed by atoms with Gasteiger partial charge in [-0.3, -0.25) is 0 Å². The van der Waals surface area contributed by atoms with Gasteiger partial charge in [0.1, 0.15) is 11.5 Å².